The van der Waals surface area contributed by atoms with Crippen LogP contribution in [0.2, 0.25) is 0 Å². The maximum absolute atomic E-state index is 6.63. The van der Waals surface area contributed by atoms with Crippen LogP contribution in [0.5, 0.6) is 17.2 Å². The van der Waals surface area contributed by atoms with Crippen molar-refractivity contribution in [3.63, 3.8) is 0 Å². The van der Waals surface area contributed by atoms with E-state index in [1.807, 2.05) is 47.4 Å². The van der Waals surface area contributed by atoms with E-state index in [4.69, 9.17) is 46.9 Å². The quantitative estimate of drug-likeness (QED) is 0.0799. The van der Waals surface area contributed by atoms with Gasteiger partial charge in [0.1, 0.15) is 17.2 Å². The molecule has 0 N–H and O–H groups in total. The summed E-state index contributed by atoms with van der Waals surface area (Å²) < 4.78 is 29.9. The molecule has 42 heavy (non-hydrogen) atoms. The second-order valence-electron chi connectivity index (χ2n) is 10.3. The van der Waals surface area contributed by atoms with Gasteiger partial charge in [-0.15, -0.1) is 0 Å². The topological polar surface area (TPSA) is 49.4 Å². The van der Waals surface area contributed by atoms with E-state index in [2.05, 4.69) is 29.0 Å². The van der Waals surface area contributed by atoms with Gasteiger partial charge in [0.05, 0.1) is 46.8 Å². The normalized spacial score (nSPS) is 17.5. The van der Waals surface area contributed by atoms with Crippen LogP contribution in [-0.4, -0.2) is 56.5 Å². The first-order valence-electron chi connectivity index (χ1n) is 14.2. The maximum Gasteiger partial charge on any atom is 0.160 e. The molecular formula is C33H37Cl2NO5S. The molecule has 4 aromatic rings. The Hall–Kier alpha value is -2.52. The lowest BCUT2D eigenvalue weighted by Gasteiger charge is -2.39. The molecule has 2 unspecified atom stereocenters. The highest BCUT2D eigenvalue weighted by Crippen LogP contribution is 2.39. The molecule has 1 aliphatic heterocycles. The fourth-order valence-corrected chi connectivity index (χ4v) is 6.49. The number of fused-ring (bicyclic) bond motifs is 1. The molecule has 0 spiro atoms. The van der Waals surface area contributed by atoms with Crippen LogP contribution in [0.1, 0.15) is 35.4 Å². The average Bonchev–Trinajstić information content (AvgIpc) is 3.55. The lowest BCUT2D eigenvalue weighted by atomic mass is 9.87. The second-order valence-corrected chi connectivity index (χ2v) is 12.1. The Morgan fingerprint density at radius 1 is 0.952 bits per heavy atom. The fraction of sp³-hybridized carbons (Fsp3) is 0.394. The number of benzene rings is 3. The van der Waals surface area contributed by atoms with Gasteiger partial charge >= 0.3 is 0 Å². The number of rotatable bonds is 14. The van der Waals surface area contributed by atoms with Crippen LogP contribution in [-0.2, 0) is 22.7 Å². The number of alkyl halides is 2. The molecule has 0 radical (unpaired) electrons. The van der Waals surface area contributed by atoms with E-state index in [9.17, 15) is 0 Å². The molecule has 0 aliphatic carbocycles. The van der Waals surface area contributed by atoms with Crippen molar-refractivity contribution in [2.24, 2.45) is 0 Å². The van der Waals surface area contributed by atoms with Crippen LogP contribution < -0.4 is 14.2 Å². The molecular weight excluding hydrogens is 593 g/mol. The number of ether oxygens (including phenoxy) is 5. The highest BCUT2D eigenvalue weighted by Gasteiger charge is 2.33. The van der Waals surface area contributed by atoms with Gasteiger partial charge in [0.15, 0.2) is 4.96 Å². The van der Waals surface area contributed by atoms with E-state index >= 15 is 0 Å². The van der Waals surface area contributed by atoms with Crippen molar-refractivity contribution in [2.75, 3.05) is 40.5 Å². The van der Waals surface area contributed by atoms with Crippen LogP contribution in [0, 0.1) is 0 Å². The third kappa shape index (κ3) is 7.70. The fourth-order valence-electron chi connectivity index (χ4n) is 5.48. The van der Waals surface area contributed by atoms with Crippen LogP contribution in [0.3, 0.4) is 0 Å². The van der Waals surface area contributed by atoms with E-state index in [1.54, 1.807) is 25.6 Å². The number of hydrogen-bond acceptors (Lipinski definition) is 7. The Bertz CT molecular complexity index is 1400. The lowest BCUT2D eigenvalue weighted by molar-refractivity contribution is -0.0231. The molecule has 6 nitrogen and oxygen atoms in total. The van der Waals surface area contributed by atoms with Crippen molar-refractivity contribution in [2.45, 2.75) is 43.0 Å². The monoisotopic (exact) mass is 629 g/mol. The third-order valence-corrected chi connectivity index (χ3v) is 8.92. The zero-order chi connectivity index (χ0) is 29.3. The summed E-state index contributed by atoms with van der Waals surface area (Å²) in [4.78, 5) is 1.46. The third-order valence-electron chi connectivity index (χ3n) is 7.64. The maximum atomic E-state index is 6.63. The summed E-state index contributed by atoms with van der Waals surface area (Å²) in [6, 6.07) is 20.5. The van der Waals surface area contributed by atoms with Crippen molar-refractivity contribution >= 4 is 45.3 Å². The van der Waals surface area contributed by atoms with E-state index in [0.717, 1.165) is 53.0 Å². The van der Waals surface area contributed by atoms with E-state index in [-0.39, 0.29) is 12.0 Å². The molecule has 1 saturated heterocycles. The SMILES string of the molecule is COc1cc(COC2CN(C(Cl)Cl)CCC2c2ccc(OCCCOCc3ccsc3)cc2)c(OC)c2ccccc12. The van der Waals surface area contributed by atoms with Crippen molar-refractivity contribution in [1.29, 1.82) is 0 Å². The van der Waals surface area contributed by atoms with Gasteiger partial charge in [0.2, 0.25) is 0 Å². The molecule has 9 heteroatoms. The Kier molecular flexibility index (Phi) is 11.2. The first-order valence-corrected chi connectivity index (χ1v) is 16.0. The molecule has 0 bridgehead atoms. The van der Waals surface area contributed by atoms with Crippen molar-refractivity contribution in [1.82, 2.24) is 4.90 Å². The minimum absolute atomic E-state index is 0.118. The Morgan fingerprint density at radius 2 is 1.76 bits per heavy atom. The molecule has 3 aromatic carbocycles. The molecule has 1 aromatic heterocycles. The summed E-state index contributed by atoms with van der Waals surface area (Å²) >= 11 is 14.3. The van der Waals surface area contributed by atoms with Crippen molar-refractivity contribution in [3.8, 4) is 17.2 Å². The van der Waals surface area contributed by atoms with Gasteiger partial charge in [-0.2, -0.15) is 11.3 Å². The molecule has 2 atom stereocenters. The second kappa shape index (κ2) is 15.3. The van der Waals surface area contributed by atoms with Gasteiger partial charge in [0.25, 0.3) is 0 Å². The van der Waals surface area contributed by atoms with Gasteiger partial charge in [0, 0.05) is 41.8 Å². The number of methoxy groups -OCH3 is 2. The van der Waals surface area contributed by atoms with E-state index in [1.165, 1.54) is 11.1 Å². The van der Waals surface area contributed by atoms with Crippen molar-refractivity contribution < 1.29 is 23.7 Å². The van der Waals surface area contributed by atoms with Crippen LogP contribution in [0.25, 0.3) is 10.8 Å². The molecule has 0 amide bonds. The summed E-state index contributed by atoms with van der Waals surface area (Å²) in [6.45, 7) is 3.70. The first-order chi connectivity index (χ1) is 20.6. The number of thiophene rings is 1. The Balaban J connectivity index is 1.23. The number of likely N-dealkylation sites (tertiary alicyclic amines) is 1. The molecule has 1 fully saturated rings. The highest BCUT2D eigenvalue weighted by atomic mass is 35.5. The molecule has 1 aliphatic rings. The Labute approximate surface area is 262 Å². The minimum atomic E-state index is -0.586. The predicted octanol–water partition coefficient (Wildman–Crippen LogP) is 8.04. The summed E-state index contributed by atoms with van der Waals surface area (Å²) in [5, 5.41) is 6.17. The van der Waals surface area contributed by atoms with Gasteiger partial charge in [-0.25, -0.2) is 0 Å². The van der Waals surface area contributed by atoms with E-state index in [0.29, 0.717) is 33.0 Å². The smallest absolute Gasteiger partial charge is 0.160 e. The van der Waals surface area contributed by atoms with Gasteiger partial charge < -0.3 is 23.7 Å². The zero-order valence-electron chi connectivity index (χ0n) is 24.0. The molecule has 5 rings (SSSR count). The zero-order valence-corrected chi connectivity index (χ0v) is 26.3. The number of piperidine rings is 1. The van der Waals surface area contributed by atoms with Crippen LogP contribution >= 0.6 is 34.5 Å². The summed E-state index contributed by atoms with van der Waals surface area (Å²) in [7, 11) is 3.37. The van der Waals surface area contributed by atoms with E-state index < -0.39 is 4.96 Å². The standard InChI is InChI=1S/C33H37Cl2NO5S/c1-37-30-18-25(32(38-2)29-7-4-3-6-28(29)30)21-41-31-19-36(33(34)35)14-12-27(31)24-8-10-26(11-9-24)40-16-5-15-39-20-23-13-17-42-22-23/h3-4,6-11,13,17-18,22,27,31,33H,5,12,14-16,19-21H2,1-2H3. The van der Waals surface area contributed by atoms with Gasteiger partial charge in [-0.3, -0.25) is 4.90 Å². The summed E-state index contributed by atoms with van der Waals surface area (Å²) in [5.41, 5.74) is 3.35. The highest BCUT2D eigenvalue weighted by molar-refractivity contribution is 7.07. The van der Waals surface area contributed by atoms with Gasteiger partial charge in [-0.1, -0.05) is 59.6 Å². The molecule has 0 saturated carbocycles. The number of hydrogen-bond donors (Lipinski definition) is 0. The first kappa shape index (κ1) is 30.9. The van der Waals surface area contributed by atoms with Crippen LogP contribution in [0.4, 0.5) is 0 Å². The average molecular weight is 631 g/mol. The lowest BCUT2D eigenvalue weighted by Crippen LogP contribution is -2.45. The molecule has 224 valence electrons. The van der Waals surface area contributed by atoms with Crippen LogP contribution in [0.15, 0.2) is 71.4 Å². The van der Waals surface area contributed by atoms with Crippen molar-refractivity contribution in [3.05, 3.63) is 88.1 Å². The summed E-state index contributed by atoms with van der Waals surface area (Å²) in [6.07, 6.45) is 1.59. The number of nitrogens with zero attached hydrogens (tertiary/aromatic N) is 1. The molecule has 2 heterocycles. The minimum Gasteiger partial charge on any atom is -0.496 e. The van der Waals surface area contributed by atoms with Gasteiger partial charge in [-0.05, 0) is 52.6 Å². The predicted molar refractivity (Wildman–Crippen MR) is 171 cm³/mol. The Morgan fingerprint density at radius 3 is 2.48 bits per heavy atom. The summed E-state index contributed by atoms with van der Waals surface area (Å²) in [5.74, 6) is 2.61. The largest absolute Gasteiger partial charge is 0.496 e. The number of halogens is 2.